The van der Waals surface area contributed by atoms with Gasteiger partial charge < -0.3 is 19.9 Å². The summed E-state index contributed by atoms with van der Waals surface area (Å²) in [6.45, 7) is 8.04. The summed E-state index contributed by atoms with van der Waals surface area (Å²) in [5.41, 5.74) is 1.74. The Balaban J connectivity index is 1.74. The summed E-state index contributed by atoms with van der Waals surface area (Å²) in [4.78, 5) is 24.5. The van der Waals surface area contributed by atoms with Crippen molar-refractivity contribution in [3.63, 3.8) is 0 Å². The zero-order valence-corrected chi connectivity index (χ0v) is 16.3. The summed E-state index contributed by atoms with van der Waals surface area (Å²) < 4.78 is 5.45. The van der Waals surface area contributed by atoms with E-state index in [-0.39, 0.29) is 6.09 Å². The molecule has 0 aliphatic carbocycles. The minimum absolute atomic E-state index is 0.289. The summed E-state index contributed by atoms with van der Waals surface area (Å²) in [5.74, 6) is 0.464. The number of rotatable bonds is 3. The molecule has 1 N–H and O–H groups in total. The van der Waals surface area contributed by atoms with Gasteiger partial charge in [-0.05, 0) is 45.0 Å². The van der Waals surface area contributed by atoms with Crippen molar-refractivity contribution in [1.29, 1.82) is 5.26 Å². The number of benzene rings is 1. The molecule has 2 aromatic rings. The number of aromatic nitrogens is 2. The van der Waals surface area contributed by atoms with Crippen LogP contribution in [0.3, 0.4) is 0 Å². The van der Waals surface area contributed by atoms with E-state index in [4.69, 9.17) is 4.74 Å². The van der Waals surface area contributed by atoms with E-state index < -0.39 is 5.60 Å². The Kier molecular flexibility index (Phi) is 5.64. The zero-order valence-electron chi connectivity index (χ0n) is 16.3. The molecule has 0 saturated carbocycles. The lowest BCUT2D eigenvalue weighted by molar-refractivity contribution is 0.0240. The lowest BCUT2D eigenvalue weighted by Crippen LogP contribution is -2.50. The minimum Gasteiger partial charge on any atom is -0.444 e. The highest BCUT2D eigenvalue weighted by atomic mass is 16.6. The molecule has 8 nitrogen and oxygen atoms in total. The first-order chi connectivity index (χ1) is 13.4. The number of hydrogen-bond acceptors (Lipinski definition) is 7. The maximum absolute atomic E-state index is 12.3. The quantitative estimate of drug-likeness (QED) is 0.874. The molecule has 146 valence electrons. The predicted molar refractivity (Wildman–Crippen MR) is 106 cm³/mol. The van der Waals surface area contributed by atoms with Crippen molar-refractivity contribution in [3.05, 3.63) is 42.2 Å². The van der Waals surface area contributed by atoms with Gasteiger partial charge in [0.2, 0.25) is 5.95 Å². The number of nitriles is 1. The molecule has 0 atom stereocenters. The molecule has 0 spiro atoms. The topological polar surface area (TPSA) is 94.4 Å². The molecule has 1 saturated heterocycles. The van der Waals surface area contributed by atoms with Gasteiger partial charge in [-0.15, -0.1) is 0 Å². The third-order valence-electron chi connectivity index (χ3n) is 4.21. The molecule has 2 heterocycles. The molecule has 1 amide bonds. The van der Waals surface area contributed by atoms with Crippen LogP contribution in [0.15, 0.2) is 36.7 Å². The van der Waals surface area contributed by atoms with Gasteiger partial charge in [0, 0.05) is 38.6 Å². The Labute approximate surface area is 164 Å². The van der Waals surface area contributed by atoms with Gasteiger partial charge in [0.1, 0.15) is 5.60 Å². The largest absolute Gasteiger partial charge is 0.444 e. The molecule has 1 aromatic heterocycles. The third kappa shape index (κ3) is 4.88. The molecule has 1 aliphatic rings. The van der Waals surface area contributed by atoms with Gasteiger partial charge in [0.25, 0.3) is 0 Å². The van der Waals surface area contributed by atoms with Gasteiger partial charge in [-0.3, -0.25) is 0 Å². The molecule has 3 rings (SSSR count). The van der Waals surface area contributed by atoms with E-state index in [9.17, 15) is 10.1 Å². The molecular weight excluding hydrogens is 356 g/mol. The van der Waals surface area contributed by atoms with E-state index in [1.807, 2.05) is 26.8 Å². The van der Waals surface area contributed by atoms with Crippen molar-refractivity contribution < 1.29 is 9.53 Å². The Morgan fingerprint density at radius 1 is 1.18 bits per heavy atom. The smallest absolute Gasteiger partial charge is 0.410 e. The lowest BCUT2D eigenvalue weighted by Gasteiger charge is -2.37. The predicted octanol–water partition coefficient (Wildman–Crippen LogP) is 3.15. The van der Waals surface area contributed by atoms with E-state index in [1.165, 1.54) is 0 Å². The van der Waals surface area contributed by atoms with Gasteiger partial charge in [-0.25, -0.2) is 14.8 Å². The van der Waals surface area contributed by atoms with Crippen LogP contribution in [-0.4, -0.2) is 52.7 Å². The molecule has 28 heavy (non-hydrogen) atoms. The first kappa shape index (κ1) is 19.4. The minimum atomic E-state index is -0.506. The summed E-state index contributed by atoms with van der Waals surface area (Å²) in [6, 6.07) is 9.38. The highest BCUT2D eigenvalue weighted by Gasteiger charge is 2.26. The van der Waals surface area contributed by atoms with Crippen LogP contribution in [0.1, 0.15) is 26.3 Å². The molecule has 0 radical (unpaired) electrons. The van der Waals surface area contributed by atoms with Gasteiger partial charge in [0.05, 0.1) is 23.0 Å². The summed E-state index contributed by atoms with van der Waals surface area (Å²) in [6.07, 6.45) is 3.02. The van der Waals surface area contributed by atoms with Crippen LogP contribution >= 0.6 is 0 Å². The van der Waals surface area contributed by atoms with Crippen LogP contribution < -0.4 is 10.2 Å². The van der Waals surface area contributed by atoms with E-state index in [1.54, 1.807) is 35.5 Å². The number of amides is 1. The summed E-state index contributed by atoms with van der Waals surface area (Å²) >= 11 is 0. The van der Waals surface area contributed by atoms with Crippen molar-refractivity contribution in [1.82, 2.24) is 14.9 Å². The second-order valence-corrected chi connectivity index (χ2v) is 7.50. The van der Waals surface area contributed by atoms with Crippen LogP contribution in [0.5, 0.6) is 0 Å². The second kappa shape index (κ2) is 8.13. The fraction of sp³-hybridized carbons (Fsp3) is 0.400. The lowest BCUT2D eigenvalue weighted by atomic mass is 10.1. The fourth-order valence-electron chi connectivity index (χ4n) is 2.92. The zero-order chi connectivity index (χ0) is 20.1. The van der Waals surface area contributed by atoms with Crippen LogP contribution in [0, 0.1) is 11.3 Å². The van der Waals surface area contributed by atoms with Gasteiger partial charge >= 0.3 is 6.09 Å². The molecule has 0 bridgehead atoms. The molecule has 1 aliphatic heterocycles. The van der Waals surface area contributed by atoms with Gasteiger partial charge in [0.15, 0.2) is 0 Å². The normalized spacial score (nSPS) is 14.4. The molecule has 0 unspecified atom stereocenters. The number of nitrogens with one attached hydrogen (secondary N) is 1. The SMILES string of the molecule is CC(C)(C)OC(=O)N1CCN(c2ccc(C#N)cc2Nc2ncccn2)CC1. The van der Waals surface area contributed by atoms with Crippen molar-refractivity contribution in [3.8, 4) is 6.07 Å². The van der Waals surface area contributed by atoms with Gasteiger partial charge in [-0.2, -0.15) is 5.26 Å². The van der Waals surface area contributed by atoms with Crippen molar-refractivity contribution in [2.45, 2.75) is 26.4 Å². The van der Waals surface area contributed by atoms with Crippen molar-refractivity contribution in [2.24, 2.45) is 0 Å². The highest BCUT2D eigenvalue weighted by molar-refractivity contribution is 5.76. The number of ether oxygens (including phenoxy) is 1. The number of piperazine rings is 1. The number of carbonyl (C=O) groups is 1. The number of nitrogens with zero attached hydrogens (tertiary/aromatic N) is 5. The van der Waals surface area contributed by atoms with Crippen LogP contribution in [-0.2, 0) is 4.74 Å². The summed E-state index contributed by atoms with van der Waals surface area (Å²) in [7, 11) is 0. The number of carbonyl (C=O) groups excluding carboxylic acids is 1. The maximum Gasteiger partial charge on any atom is 0.410 e. The molecular formula is C20H24N6O2. The summed E-state index contributed by atoms with van der Waals surface area (Å²) in [5, 5.41) is 12.4. The van der Waals surface area contributed by atoms with Crippen LogP contribution in [0.2, 0.25) is 0 Å². The first-order valence-corrected chi connectivity index (χ1v) is 9.17. The van der Waals surface area contributed by atoms with E-state index >= 15 is 0 Å². The Morgan fingerprint density at radius 3 is 2.46 bits per heavy atom. The van der Waals surface area contributed by atoms with Crippen molar-refractivity contribution >= 4 is 23.4 Å². The average molecular weight is 380 g/mol. The van der Waals surface area contributed by atoms with Gasteiger partial charge in [-0.1, -0.05) is 0 Å². The van der Waals surface area contributed by atoms with Crippen LogP contribution in [0.25, 0.3) is 0 Å². The first-order valence-electron chi connectivity index (χ1n) is 9.17. The number of anilines is 3. The van der Waals surface area contributed by atoms with E-state index in [0.29, 0.717) is 37.7 Å². The molecule has 1 aromatic carbocycles. The Bertz CT molecular complexity index is 865. The maximum atomic E-state index is 12.3. The molecule has 8 heteroatoms. The Hall–Kier alpha value is -3.34. The standard InChI is InChI=1S/C20H24N6O2/c1-20(2,3)28-19(27)26-11-9-25(10-12-26)17-6-5-15(14-21)13-16(17)24-18-22-7-4-8-23-18/h4-8,13H,9-12H2,1-3H3,(H,22,23,24). The average Bonchev–Trinajstić information content (AvgIpc) is 2.67. The Morgan fingerprint density at radius 2 is 1.86 bits per heavy atom. The van der Waals surface area contributed by atoms with Crippen molar-refractivity contribution in [2.75, 3.05) is 36.4 Å². The highest BCUT2D eigenvalue weighted by Crippen LogP contribution is 2.30. The van der Waals surface area contributed by atoms with Crippen LogP contribution in [0.4, 0.5) is 22.1 Å². The second-order valence-electron chi connectivity index (χ2n) is 7.50. The number of hydrogen-bond donors (Lipinski definition) is 1. The fourth-order valence-corrected chi connectivity index (χ4v) is 2.92. The third-order valence-corrected chi connectivity index (χ3v) is 4.21. The monoisotopic (exact) mass is 380 g/mol. The van der Waals surface area contributed by atoms with E-state index in [2.05, 4.69) is 26.3 Å². The molecule has 1 fully saturated rings. The van der Waals surface area contributed by atoms with E-state index in [0.717, 1.165) is 11.4 Å².